The van der Waals surface area contributed by atoms with Crippen LogP contribution < -0.4 is 9.47 Å². The van der Waals surface area contributed by atoms with Gasteiger partial charge >= 0.3 is 5.97 Å². The zero-order valence-electron chi connectivity index (χ0n) is 18.7. The van der Waals surface area contributed by atoms with Gasteiger partial charge in [-0.05, 0) is 64.4 Å². The maximum Gasteiger partial charge on any atom is 0.309 e. The highest BCUT2D eigenvalue weighted by Crippen LogP contribution is 2.40. The summed E-state index contributed by atoms with van der Waals surface area (Å²) in [6.45, 7) is 1.02. The first-order valence-electron chi connectivity index (χ1n) is 10.7. The lowest BCUT2D eigenvalue weighted by molar-refractivity contribution is -0.142. The van der Waals surface area contributed by atoms with E-state index in [0.29, 0.717) is 13.2 Å². The van der Waals surface area contributed by atoms with Crippen LogP contribution in [0.1, 0.15) is 12.0 Å². The molecule has 0 heterocycles. The van der Waals surface area contributed by atoms with Crippen molar-refractivity contribution in [2.75, 3.05) is 27.9 Å². The van der Waals surface area contributed by atoms with Gasteiger partial charge in [0.25, 0.3) is 0 Å². The lowest BCUT2D eigenvalue weighted by atomic mass is 9.90. The minimum absolute atomic E-state index is 0.0216. The average Bonchev–Trinajstić information content (AvgIpc) is 3.63. The van der Waals surface area contributed by atoms with Gasteiger partial charge in [0.2, 0.25) is 0 Å². The van der Waals surface area contributed by atoms with Gasteiger partial charge < -0.3 is 18.9 Å². The van der Waals surface area contributed by atoms with Crippen molar-refractivity contribution in [3.63, 3.8) is 0 Å². The quantitative estimate of drug-likeness (QED) is 0.426. The summed E-state index contributed by atoms with van der Waals surface area (Å²) >= 11 is 0. The van der Waals surface area contributed by atoms with Crippen molar-refractivity contribution >= 4 is 5.97 Å². The Balaban J connectivity index is 1.62. The summed E-state index contributed by atoms with van der Waals surface area (Å²) in [6.07, 6.45) is 0.837. The van der Waals surface area contributed by atoms with Gasteiger partial charge in [-0.1, -0.05) is 42.5 Å². The van der Waals surface area contributed by atoms with Crippen LogP contribution in [-0.2, 0) is 20.9 Å². The van der Waals surface area contributed by atoms with Crippen molar-refractivity contribution < 1.29 is 23.7 Å². The molecule has 1 fully saturated rings. The highest BCUT2D eigenvalue weighted by molar-refractivity contribution is 5.86. The molecule has 0 bridgehead atoms. The standard InChI is InChI=1S/C27H28O5/c1-29-22-11-7-18(8-12-22)24-6-4-5-20(16-32-17-21-15-25(21)27(28)31-3)26(24)19-9-13-23(30-2)14-10-19/h4-14,21,25H,15-17H2,1-3H3. The third-order valence-corrected chi connectivity index (χ3v) is 5.95. The predicted molar refractivity (Wildman–Crippen MR) is 124 cm³/mol. The van der Waals surface area contributed by atoms with E-state index in [4.69, 9.17) is 18.9 Å². The molecule has 4 rings (SSSR count). The Labute approximate surface area is 188 Å². The normalized spacial score (nSPS) is 17.0. The average molecular weight is 433 g/mol. The van der Waals surface area contributed by atoms with E-state index in [2.05, 4.69) is 42.5 Å². The van der Waals surface area contributed by atoms with Crippen LogP contribution in [0.5, 0.6) is 11.5 Å². The van der Waals surface area contributed by atoms with Gasteiger partial charge in [0, 0.05) is 0 Å². The summed E-state index contributed by atoms with van der Waals surface area (Å²) in [5.41, 5.74) is 5.54. The molecule has 0 aliphatic heterocycles. The number of hydrogen-bond donors (Lipinski definition) is 0. The Bertz CT molecular complexity index is 1060. The SMILES string of the molecule is COC(=O)C1CC1COCc1cccc(-c2ccc(OC)cc2)c1-c1ccc(OC)cc1. The number of methoxy groups -OCH3 is 3. The van der Waals surface area contributed by atoms with Crippen LogP contribution >= 0.6 is 0 Å². The molecule has 2 unspecified atom stereocenters. The van der Waals surface area contributed by atoms with Gasteiger partial charge in [-0.15, -0.1) is 0 Å². The van der Waals surface area contributed by atoms with Crippen LogP contribution in [0.3, 0.4) is 0 Å². The van der Waals surface area contributed by atoms with Gasteiger partial charge in [-0.2, -0.15) is 0 Å². The number of esters is 1. The summed E-state index contributed by atoms with van der Waals surface area (Å²) in [7, 11) is 4.77. The van der Waals surface area contributed by atoms with E-state index in [0.717, 1.165) is 45.7 Å². The molecule has 0 spiro atoms. The zero-order chi connectivity index (χ0) is 22.5. The molecule has 32 heavy (non-hydrogen) atoms. The zero-order valence-corrected chi connectivity index (χ0v) is 18.7. The van der Waals surface area contributed by atoms with Gasteiger partial charge in [0.05, 0.1) is 40.5 Å². The van der Waals surface area contributed by atoms with Crippen LogP contribution in [0.2, 0.25) is 0 Å². The molecule has 1 saturated carbocycles. The molecular weight excluding hydrogens is 404 g/mol. The van der Waals surface area contributed by atoms with E-state index in [-0.39, 0.29) is 17.8 Å². The third-order valence-electron chi connectivity index (χ3n) is 5.95. The molecule has 5 heteroatoms. The van der Waals surface area contributed by atoms with Crippen LogP contribution in [-0.4, -0.2) is 33.9 Å². The summed E-state index contributed by atoms with van der Waals surface area (Å²) in [5, 5.41) is 0. The first-order valence-corrected chi connectivity index (χ1v) is 10.7. The minimum Gasteiger partial charge on any atom is -0.497 e. The molecule has 2 atom stereocenters. The summed E-state index contributed by atoms with van der Waals surface area (Å²) in [4.78, 5) is 11.7. The second-order valence-corrected chi connectivity index (χ2v) is 7.94. The van der Waals surface area contributed by atoms with Crippen molar-refractivity contribution in [2.24, 2.45) is 11.8 Å². The smallest absolute Gasteiger partial charge is 0.309 e. The molecular formula is C27H28O5. The monoisotopic (exact) mass is 432 g/mol. The Hall–Kier alpha value is -3.31. The van der Waals surface area contributed by atoms with Crippen molar-refractivity contribution in [2.45, 2.75) is 13.0 Å². The second-order valence-electron chi connectivity index (χ2n) is 7.94. The number of rotatable bonds is 9. The maximum atomic E-state index is 11.7. The molecule has 1 aliphatic carbocycles. The number of hydrogen-bond acceptors (Lipinski definition) is 5. The highest BCUT2D eigenvalue weighted by Gasteiger charge is 2.43. The molecule has 0 N–H and O–H groups in total. The Morgan fingerprint density at radius 3 is 2.06 bits per heavy atom. The van der Waals surface area contributed by atoms with E-state index in [1.807, 2.05) is 24.3 Å². The van der Waals surface area contributed by atoms with Gasteiger partial charge in [0.1, 0.15) is 11.5 Å². The highest BCUT2D eigenvalue weighted by atomic mass is 16.5. The molecule has 1 aliphatic rings. The topological polar surface area (TPSA) is 54.0 Å². The fourth-order valence-corrected chi connectivity index (χ4v) is 4.02. The van der Waals surface area contributed by atoms with E-state index >= 15 is 0 Å². The molecule has 0 aromatic heterocycles. The summed E-state index contributed by atoms with van der Waals surface area (Å²) in [5.74, 6) is 1.72. The molecule has 0 amide bonds. The first kappa shape index (κ1) is 21.9. The molecule has 3 aromatic rings. The molecule has 0 saturated heterocycles. The molecule has 5 nitrogen and oxygen atoms in total. The Morgan fingerprint density at radius 2 is 1.47 bits per heavy atom. The maximum absolute atomic E-state index is 11.7. The second kappa shape index (κ2) is 9.88. The van der Waals surface area contributed by atoms with Crippen LogP contribution in [0.25, 0.3) is 22.3 Å². The lowest BCUT2D eigenvalue weighted by Gasteiger charge is -2.17. The van der Waals surface area contributed by atoms with Crippen LogP contribution in [0.4, 0.5) is 0 Å². The van der Waals surface area contributed by atoms with Crippen molar-refractivity contribution in [3.05, 3.63) is 72.3 Å². The summed E-state index contributed by atoms with van der Waals surface area (Å²) < 4.78 is 21.5. The van der Waals surface area contributed by atoms with Crippen LogP contribution in [0, 0.1) is 11.8 Å². The van der Waals surface area contributed by atoms with E-state index in [1.54, 1.807) is 14.2 Å². The Kier molecular flexibility index (Phi) is 6.76. The van der Waals surface area contributed by atoms with Gasteiger partial charge in [-0.3, -0.25) is 4.79 Å². The number of carbonyl (C=O) groups excluding carboxylic acids is 1. The van der Waals surface area contributed by atoms with Gasteiger partial charge in [-0.25, -0.2) is 0 Å². The minimum atomic E-state index is -0.140. The first-order chi connectivity index (χ1) is 15.6. The fourth-order valence-electron chi connectivity index (χ4n) is 4.02. The van der Waals surface area contributed by atoms with Crippen molar-refractivity contribution in [3.8, 4) is 33.8 Å². The molecule has 166 valence electrons. The lowest BCUT2D eigenvalue weighted by Crippen LogP contribution is -2.07. The van der Waals surface area contributed by atoms with E-state index in [1.165, 1.54) is 7.11 Å². The Morgan fingerprint density at radius 1 is 0.844 bits per heavy atom. The van der Waals surface area contributed by atoms with Crippen LogP contribution in [0.15, 0.2) is 66.7 Å². The molecule has 0 radical (unpaired) electrons. The number of benzene rings is 3. The number of ether oxygens (including phenoxy) is 4. The van der Waals surface area contributed by atoms with E-state index in [9.17, 15) is 4.79 Å². The predicted octanol–water partition coefficient (Wildman–Crippen LogP) is 5.36. The fraction of sp³-hybridized carbons (Fsp3) is 0.296. The molecule has 3 aromatic carbocycles. The van der Waals surface area contributed by atoms with Crippen molar-refractivity contribution in [1.29, 1.82) is 0 Å². The number of carbonyl (C=O) groups is 1. The summed E-state index contributed by atoms with van der Waals surface area (Å²) in [6, 6.07) is 22.4. The largest absolute Gasteiger partial charge is 0.497 e. The van der Waals surface area contributed by atoms with E-state index < -0.39 is 0 Å². The van der Waals surface area contributed by atoms with Gasteiger partial charge in [0.15, 0.2) is 0 Å². The third kappa shape index (κ3) is 4.78. The van der Waals surface area contributed by atoms with Crippen molar-refractivity contribution in [1.82, 2.24) is 0 Å².